The highest BCUT2D eigenvalue weighted by atomic mass is 32.1. The molecule has 1 aromatic rings. The molecule has 0 fully saturated rings. The van der Waals surface area contributed by atoms with Crippen LogP contribution in [0, 0.1) is 12.3 Å². The number of hydrogen-bond acceptors (Lipinski definition) is 3. The smallest absolute Gasteiger partial charge is 0.0712 e. The van der Waals surface area contributed by atoms with E-state index in [-0.39, 0.29) is 11.5 Å². The minimum Gasteiger partial charge on any atom is -0.391 e. The molecule has 0 spiro atoms. The third-order valence-corrected chi connectivity index (χ3v) is 4.11. The second-order valence-corrected chi connectivity index (χ2v) is 6.43. The van der Waals surface area contributed by atoms with Gasteiger partial charge in [0.1, 0.15) is 0 Å². The normalized spacial score (nSPS) is 16.1. The maximum Gasteiger partial charge on any atom is 0.0712 e. The van der Waals surface area contributed by atoms with Crippen LogP contribution < -0.4 is 5.32 Å². The highest BCUT2D eigenvalue weighted by molar-refractivity contribution is 7.10. The van der Waals surface area contributed by atoms with Crippen LogP contribution in [-0.4, -0.2) is 17.8 Å². The van der Waals surface area contributed by atoms with E-state index in [1.807, 2.05) is 0 Å². The van der Waals surface area contributed by atoms with Gasteiger partial charge in [-0.05, 0) is 36.3 Å². The van der Waals surface area contributed by atoms with E-state index in [2.05, 4.69) is 51.4 Å². The molecule has 3 heteroatoms. The lowest BCUT2D eigenvalue weighted by Gasteiger charge is -2.27. The number of aryl methyl sites for hydroxylation is 1. The van der Waals surface area contributed by atoms with Gasteiger partial charge in [-0.15, -0.1) is 11.3 Å². The van der Waals surface area contributed by atoms with Gasteiger partial charge < -0.3 is 10.4 Å². The average Bonchev–Trinajstić information content (AvgIpc) is 2.58. The van der Waals surface area contributed by atoms with Gasteiger partial charge in [-0.3, -0.25) is 0 Å². The Hall–Kier alpha value is -0.380. The Balaban J connectivity index is 2.48. The monoisotopic (exact) mass is 241 g/mol. The van der Waals surface area contributed by atoms with Gasteiger partial charge in [0, 0.05) is 17.5 Å². The fourth-order valence-corrected chi connectivity index (χ4v) is 2.48. The second-order valence-electron chi connectivity index (χ2n) is 5.48. The first-order valence-electron chi connectivity index (χ1n) is 5.78. The van der Waals surface area contributed by atoms with Gasteiger partial charge in [0.2, 0.25) is 0 Å². The van der Waals surface area contributed by atoms with Gasteiger partial charge in [0.25, 0.3) is 0 Å². The minimum atomic E-state index is -0.310. The van der Waals surface area contributed by atoms with Crippen molar-refractivity contribution in [3.63, 3.8) is 0 Å². The second kappa shape index (κ2) is 5.30. The van der Waals surface area contributed by atoms with Crippen LogP contribution >= 0.6 is 11.3 Å². The Bertz CT molecular complexity index is 327. The molecule has 2 nitrogen and oxygen atoms in total. The summed E-state index contributed by atoms with van der Waals surface area (Å²) in [4.78, 5) is 1.36. The number of thiophene rings is 1. The van der Waals surface area contributed by atoms with E-state index in [0.717, 1.165) is 0 Å². The zero-order chi connectivity index (χ0) is 12.3. The summed E-state index contributed by atoms with van der Waals surface area (Å²) in [5.41, 5.74) is 1.27. The van der Waals surface area contributed by atoms with Gasteiger partial charge in [-0.25, -0.2) is 0 Å². The standard InChI is InChI=1S/C13H23NOS/c1-9-6-7-16-12(9)10(2)14-8-11(15)13(3,4)5/h6-7,10-11,14-15H,8H2,1-5H3. The molecule has 1 heterocycles. The summed E-state index contributed by atoms with van der Waals surface area (Å²) in [6.45, 7) is 11.1. The quantitative estimate of drug-likeness (QED) is 0.849. The third kappa shape index (κ3) is 3.58. The van der Waals surface area contributed by atoms with Crippen molar-refractivity contribution in [1.29, 1.82) is 0 Å². The molecule has 2 atom stereocenters. The fourth-order valence-electron chi connectivity index (χ4n) is 1.52. The Morgan fingerprint density at radius 1 is 1.44 bits per heavy atom. The lowest BCUT2D eigenvalue weighted by atomic mass is 9.89. The highest BCUT2D eigenvalue weighted by Gasteiger charge is 2.22. The summed E-state index contributed by atoms with van der Waals surface area (Å²) in [7, 11) is 0. The van der Waals surface area contributed by atoms with E-state index < -0.39 is 0 Å². The van der Waals surface area contributed by atoms with Crippen molar-refractivity contribution >= 4 is 11.3 Å². The molecule has 2 unspecified atom stereocenters. The molecule has 0 bridgehead atoms. The first kappa shape index (κ1) is 13.7. The number of rotatable bonds is 4. The van der Waals surface area contributed by atoms with Crippen LogP contribution in [0.2, 0.25) is 0 Å². The van der Waals surface area contributed by atoms with Gasteiger partial charge >= 0.3 is 0 Å². The van der Waals surface area contributed by atoms with Crippen molar-refractivity contribution in [2.24, 2.45) is 5.41 Å². The fraction of sp³-hybridized carbons (Fsp3) is 0.692. The zero-order valence-corrected chi connectivity index (χ0v) is 11.7. The van der Waals surface area contributed by atoms with E-state index in [1.54, 1.807) is 11.3 Å². The molecular formula is C13H23NOS. The lowest BCUT2D eigenvalue weighted by molar-refractivity contribution is 0.0610. The lowest BCUT2D eigenvalue weighted by Crippen LogP contribution is -2.37. The molecule has 2 N–H and O–H groups in total. The first-order chi connectivity index (χ1) is 7.32. The number of aliphatic hydroxyl groups is 1. The van der Waals surface area contributed by atoms with E-state index in [4.69, 9.17) is 0 Å². The Morgan fingerprint density at radius 2 is 2.06 bits per heavy atom. The first-order valence-corrected chi connectivity index (χ1v) is 6.65. The molecule has 0 amide bonds. The predicted octanol–water partition coefficient (Wildman–Crippen LogP) is 3.11. The summed E-state index contributed by atoms with van der Waals surface area (Å²) in [6, 6.07) is 2.45. The molecule has 0 aromatic carbocycles. The van der Waals surface area contributed by atoms with E-state index >= 15 is 0 Å². The summed E-state index contributed by atoms with van der Waals surface area (Å²) >= 11 is 1.77. The van der Waals surface area contributed by atoms with Crippen LogP contribution in [0.15, 0.2) is 11.4 Å². The van der Waals surface area contributed by atoms with Crippen LogP contribution in [0.25, 0.3) is 0 Å². The molecule has 0 saturated carbocycles. The van der Waals surface area contributed by atoms with Crippen LogP contribution in [0.1, 0.15) is 44.2 Å². The van der Waals surface area contributed by atoms with Gasteiger partial charge in [0.15, 0.2) is 0 Å². The van der Waals surface area contributed by atoms with Crippen molar-refractivity contribution in [1.82, 2.24) is 5.32 Å². The van der Waals surface area contributed by atoms with Crippen molar-refractivity contribution in [3.05, 3.63) is 21.9 Å². The molecule has 0 saturated heterocycles. The Morgan fingerprint density at radius 3 is 2.50 bits per heavy atom. The third-order valence-electron chi connectivity index (χ3n) is 2.91. The molecule has 1 aromatic heterocycles. The van der Waals surface area contributed by atoms with Crippen LogP contribution in [0.4, 0.5) is 0 Å². The van der Waals surface area contributed by atoms with Gasteiger partial charge in [0.05, 0.1) is 6.10 Å². The van der Waals surface area contributed by atoms with Crippen molar-refractivity contribution in [2.75, 3.05) is 6.54 Å². The maximum absolute atomic E-state index is 9.94. The molecule has 1 rings (SSSR count). The molecule has 92 valence electrons. The molecule has 0 aliphatic rings. The average molecular weight is 241 g/mol. The largest absolute Gasteiger partial charge is 0.391 e. The van der Waals surface area contributed by atoms with Crippen LogP contribution in [-0.2, 0) is 0 Å². The van der Waals surface area contributed by atoms with Crippen LogP contribution in [0.5, 0.6) is 0 Å². The van der Waals surface area contributed by atoms with Crippen molar-refractivity contribution in [2.45, 2.75) is 46.8 Å². The number of hydrogen-bond donors (Lipinski definition) is 2. The van der Waals surface area contributed by atoms with Gasteiger partial charge in [-0.2, -0.15) is 0 Å². The maximum atomic E-state index is 9.94. The molecule has 0 radical (unpaired) electrons. The number of aliphatic hydroxyl groups excluding tert-OH is 1. The molecular weight excluding hydrogens is 218 g/mol. The highest BCUT2D eigenvalue weighted by Crippen LogP contribution is 2.24. The number of nitrogens with one attached hydrogen (secondary N) is 1. The van der Waals surface area contributed by atoms with E-state index in [9.17, 15) is 5.11 Å². The van der Waals surface area contributed by atoms with E-state index in [0.29, 0.717) is 12.6 Å². The summed E-state index contributed by atoms with van der Waals surface area (Å²) < 4.78 is 0. The van der Waals surface area contributed by atoms with Gasteiger partial charge in [-0.1, -0.05) is 20.8 Å². The topological polar surface area (TPSA) is 32.3 Å². The van der Waals surface area contributed by atoms with E-state index in [1.165, 1.54) is 10.4 Å². The molecule has 0 aliphatic carbocycles. The molecule has 0 aliphatic heterocycles. The molecule has 16 heavy (non-hydrogen) atoms. The van der Waals surface area contributed by atoms with Crippen molar-refractivity contribution < 1.29 is 5.11 Å². The SMILES string of the molecule is Cc1ccsc1C(C)NCC(O)C(C)(C)C. The Labute approximate surface area is 103 Å². The zero-order valence-electron chi connectivity index (χ0n) is 10.9. The minimum absolute atomic E-state index is 0.0583. The van der Waals surface area contributed by atoms with Crippen LogP contribution in [0.3, 0.4) is 0 Å². The summed E-state index contributed by atoms with van der Waals surface area (Å²) in [5, 5.41) is 15.4. The summed E-state index contributed by atoms with van der Waals surface area (Å²) in [6.07, 6.45) is -0.310. The van der Waals surface area contributed by atoms with Crippen molar-refractivity contribution in [3.8, 4) is 0 Å². The predicted molar refractivity (Wildman–Crippen MR) is 70.9 cm³/mol. The Kier molecular flexibility index (Phi) is 4.53. The summed E-state index contributed by atoms with van der Waals surface area (Å²) in [5.74, 6) is 0.